The van der Waals surface area contributed by atoms with Crippen LogP contribution in [0.1, 0.15) is 28.2 Å². The molecule has 0 aromatic carbocycles. The van der Waals surface area contributed by atoms with Crippen molar-refractivity contribution in [3.63, 3.8) is 0 Å². The number of hydrogen-bond donors (Lipinski definition) is 1. The number of aromatic nitrogens is 2. The lowest BCUT2D eigenvalue weighted by atomic mass is 10.3. The van der Waals surface area contributed by atoms with Crippen molar-refractivity contribution < 1.29 is 5.11 Å². The lowest BCUT2D eigenvalue weighted by Gasteiger charge is -2.01. The number of thiophene rings is 1. The average Bonchev–Trinajstić information content (AvgIpc) is 2.92. The molecule has 5 heteroatoms. The number of halogens is 1. The summed E-state index contributed by atoms with van der Waals surface area (Å²) in [4.78, 5) is 1.19. The van der Waals surface area contributed by atoms with Crippen LogP contribution in [-0.4, -0.2) is 21.5 Å². The summed E-state index contributed by atoms with van der Waals surface area (Å²) < 4.78 is 1.91. The molecule has 2 rings (SSSR count). The zero-order valence-corrected chi connectivity index (χ0v) is 12.5. The van der Waals surface area contributed by atoms with Gasteiger partial charge in [0.15, 0.2) is 0 Å². The van der Waals surface area contributed by atoms with Gasteiger partial charge < -0.3 is 5.11 Å². The van der Waals surface area contributed by atoms with E-state index in [9.17, 15) is 0 Å². The topological polar surface area (TPSA) is 38.0 Å². The fourth-order valence-corrected chi connectivity index (χ4v) is 2.66. The van der Waals surface area contributed by atoms with E-state index in [0.29, 0.717) is 13.0 Å². The summed E-state index contributed by atoms with van der Waals surface area (Å²) in [7, 11) is 0. The molecule has 0 aliphatic rings. The van der Waals surface area contributed by atoms with Crippen molar-refractivity contribution in [3.05, 3.63) is 38.3 Å². The van der Waals surface area contributed by atoms with Gasteiger partial charge in [-0.2, -0.15) is 5.10 Å². The largest absolute Gasteiger partial charge is 0.395 e. The third-order valence-electron chi connectivity index (χ3n) is 2.72. The zero-order valence-electron chi connectivity index (χ0n) is 10.9. The lowest BCUT2D eigenvalue weighted by molar-refractivity contribution is 0.305. The number of aliphatic hydroxyl groups excluding tert-OH is 1. The standard InChI is InChI=1S/C14H15ClN2OS/c1-10-14(15)11(2)17(16-10)8-13-7-12(9-19-13)5-3-4-6-18/h7,9,18H,4,6,8H2,1-2H3. The Kier molecular flexibility index (Phi) is 4.65. The van der Waals surface area contributed by atoms with Gasteiger partial charge in [0.25, 0.3) is 0 Å². The molecule has 0 saturated carbocycles. The third-order valence-corrected chi connectivity index (χ3v) is 4.19. The van der Waals surface area contributed by atoms with Gasteiger partial charge in [0.2, 0.25) is 0 Å². The molecule has 0 saturated heterocycles. The number of hydrogen-bond acceptors (Lipinski definition) is 3. The Morgan fingerprint density at radius 2 is 2.26 bits per heavy atom. The van der Waals surface area contributed by atoms with Crippen LogP contribution in [0.4, 0.5) is 0 Å². The highest BCUT2D eigenvalue weighted by Gasteiger charge is 2.10. The molecule has 2 aromatic heterocycles. The Hall–Kier alpha value is -1.28. The normalized spacial score (nSPS) is 10.3. The SMILES string of the molecule is Cc1nn(Cc2cc(C#CCCO)cs2)c(C)c1Cl. The van der Waals surface area contributed by atoms with Gasteiger partial charge in [-0.3, -0.25) is 4.68 Å². The summed E-state index contributed by atoms with van der Waals surface area (Å²) in [5.74, 6) is 5.94. The van der Waals surface area contributed by atoms with Gasteiger partial charge in [-0.25, -0.2) is 0 Å². The van der Waals surface area contributed by atoms with Gasteiger partial charge in [0.1, 0.15) is 0 Å². The van der Waals surface area contributed by atoms with Crippen molar-refractivity contribution >= 4 is 22.9 Å². The molecule has 2 heterocycles. The van der Waals surface area contributed by atoms with Gasteiger partial charge in [0, 0.05) is 22.2 Å². The highest BCUT2D eigenvalue weighted by Crippen LogP contribution is 2.21. The van der Waals surface area contributed by atoms with Crippen LogP contribution in [0.3, 0.4) is 0 Å². The van der Waals surface area contributed by atoms with E-state index in [0.717, 1.165) is 22.0 Å². The molecule has 1 N–H and O–H groups in total. The van der Waals surface area contributed by atoms with Crippen molar-refractivity contribution in [1.29, 1.82) is 0 Å². The minimum Gasteiger partial charge on any atom is -0.395 e. The number of aryl methyl sites for hydroxylation is 1. The van der Waals surface area contributed by atoms with Gasteiger partial charge in [-0.05, 0) is 19.9 Å². The molecule has 0 unspecified atom stereocenters. The summed E-state index contributed by atoms with van der Waals surface area (Å²) >= 11 is 7.79. The van der Waals surface area contributed by atoms with Crippen molar-refractivity contribution in [3.8, 4) is 11.8 Å². The maximum absolute atomic E-state index is 8.68. The second-order valence-corrected chi connectivity index (χ2v) is 5.59. The van der Waals surface area contributed by atoms with Crippen molar-refractivity contribution in [2.45, 2.75) is 26.8 Å². The van der Waals surface area contributed by atoms with Crippen LogP contribution in [0.25, 0.3) is 0 Å². The molecule has 0 spiro atoms. The molecule has 3 nitrogen and oxygen atoms in total. The Morgan fingerprint density at radius 3 is 2.89 bits per heavy atom. The fraction of sp³-hybridized carbons (Fsp3) is 0.357. The minimum atomic E-state index is 0.105. The maximum atomic E-state index is 8.68. The van der Waals surface area contributed by atoms with E-state index in [-0.39, 0.29) is 6.61 Å². The summed E-state index contributed by atoms with van der Waals surface area (Å²) in [6, 6.07) is 2.05. The Balaban J connectivity index is 2.12. The van der Waals surface area contributed by atoms with E-state index < -0.39 is 0 Å². The first-order valence-corrected chi connectivity index (χ1v) is 7.24. The van der Waals surface area contributed by atoms with Crippen LogP contribution >= 0.6 is 22.9 Å². The third kappa shape index (κ3) is 3.38. The molecule has 0 radical (unpaired) electrons. The van der Waals surface area contributed by atoms with Crippen molar-refractivity contribution in [1.82, 2.24) is 9.78 Å². The lowest BCUT2D eigenvalue weighted by Crippen LogP contribution is -2.02. The fourth-order valence-electron chi connectivity index (χ4n) is 1.73. The predicted octanol–water partition coefficient (Wildman–Crippen LogP) is 3.00. The highest BCUT2D eigenvalue weighted by atomic mass is 35.5. The first kappa shape index (κ1) is 14.1. The average molecular weight is 295 g/mol. The van der Waals surface area contributed by atoms with Crippen molar-refractivity contribution in [2.75, 3.05) is 6.61 Å². The van der Waals surface area contributed by atoms with Gasteiger partial charge in [-0.15, -0.1) is 11.3 Å². The molecule has 2 aromatic rings. The van der Waals surface area contributed by atoms with E-state index in [2.05, 4.69) is 23.0 Å². The van der Waals surface area contributed by atoms with E-state index >= 15 is 0 Å². The number of nitrogens with zero attached hydrogens (tertiary/aromatic N) is 2. The van der Waals surface area contributed by atoms with E-state index in [1.54, 1.807) is 11.3 Å². The maximum Gasteiger partial charge on any atom is 0.0844 e. The van der Waals surface area contributed by atoms with Gasteiger partial charge in [-0.1, -0.05) is 23.4 Å². The first-order valence-electron chi connectivity index (χ1n) is 5.98. The second kappa shape index (κ2) is 6.25. The van der Waals surface area contributed by atoms with E-state index in [4.69, 9.17) is 16.7 Å². The molecule has 0 fully saturated rings. The molecule has 100 valence electrons. The summed E-state index contributed by atoms with van der Waals surface area (Å²) in [5, 5.41) is 15.8. The molecule has 0 aliphatic carbocycles. The Labute approximate surface area is 121 Å². The number of aliphatic hydroxyl groups is 1. The second-order valence-electron chi connectivity index (χ2n) is 4.22. The van der Waals surface area contributed by atoms with Crippen molar-refractivity contribution in [2.24, 2.45) is 0 Å². The highest BCUT2D eigenvalue weighted by molar-refractivity contribution is 7.10. The molecule has 19 heavy (non-hydrogen) atoms. The predicted molar refractivity (Wildman–Crippen MR) is 78.7 cm³/mol. The van der Waals surface area contributed by atoms with Gasteiger partial charge >= 0.3 is 0 Å². The molecular formula is C14H15ClN2OS. The smallest absolute Gasteiger partial charge is 0.0844 e. The number of rotatable bonds is 3. The van der Waals surface area contributed by atoms with Crippen LogP contribution < -0.4 is 0 Å². The Morgan fingerprint density at radius 1 is 1.47 bits per heavy atom. The first-order chi connectivity index (χ1) is 9.11. The van der Waals surface area contributed by atoms with Gasteiger partial charge in [0.05, 0.1) is 29.6 Å². The summed E-state index contributed by atoms with van der Waals surface area (Å²) in [5.41, 5.74) is 2.83. The molecule has 0 bridgehead atoms. The minimum absolute atomic E-state index is 0.105. The monoisotopic (exact) mass is 294 g/mol. The van der Waals surface area contributed by atoms with Crippen LogP contribution in [0, 0.1) is 25.7 Å². The van der Waals surface area contributed by atoms with Crippen LogP contribution in [-0.2, 0) is 6.54 Å². The van der Waals surface area contributed by atoms with Crippen LogP contribution in [0.15, 0.2) is 11.4 Å². The summed E-state index contributed by atoms with van der Waals surface area (Å²) in [6.45, 7) is 4.70. The quantitative estimate of drug-likeness (QED) is 0.884. The molecule has 0 aliphatic heterocycles. The molecule has 0 atom stereocenters. The van der Waals surface area contributed by atoms with Crippen LogP contribution in [0.2, 0.25) is 5.02 Å². The Bertz CT molecular complexity index is 634. The molecular weight excluding hydrogens is 280 g/mol. The molecule has 0 amide bonds. The summed E-state index contributed by atoms with van der Waals surface area (Å²) in [6.07, 6.45) is 0.512. The van der Waals surface area contributed by atoms with E-state index in [1.165, 1.54) is 4.88 Å². The van der Waals surface area contributed by atoms with Crippen LogP contribution in [0.5, 0.6) is 0 Å². The zero-order chi connectivity index (χ0) is 13.8. The van der Waals surface area contributed by atoms with E-state index in [1.807, 2.05) is 23.9 Å².